The number of hydrogen-bond acceptors (Lipinski definition) is 5. The van der Waals surface area contributed by atoms with E-state index in [0.717, 1.165) is 12.1 Å². The van der Waals surface area contributed by atoms with E-state index in [-0.39, 0.29) is 0 Å². The maximum atomic E-state index is 10.6. The number of carbonyl (C=O) groups excluding carboxylic acids is 1. The van der Waals surface area contributed by atoms with Gasteiger partial charge in [0.05, 0.1) is 12.2 Å². The minimum Gasteiger partial charge on any atom is -0.384 e. The van der Waals surface area contributed by atoms with Crippen molar-refractivity contribution in [1.82, 2.24) is 24.9 Å². The van der Waals surface area contributed by atoms with E-state index >= 15 is 0 Å². The van der Waals surface area contributed by atoms with Crippen molar-refractivity contribution < 1.29 is 9.90 Å². The highest BCUT2D eigenvalue weighted by Gasteiger charge is 2.23. The Kier molecular flexibility index (Phi) is 8.24. The smallest absolute Gasteiger partial charge is 0.209 e. The summed E-state index contributed by atoms with van der Waals surface area (Å²) < 4.78 is 0. The molecule has 1 aromatic carbocycles. The fraction of sp³-hybridized carbons (Fsp3) is 0.391. The van der Waals surface area contributed by atoms with Crippen LogP contribution in [0, 0.1) is 13.8 Å². The molecule has 0 atom stereocenters. The number of aromatic nitrogens is 4. The average molecular weight is 410 g/mol. The Labute approximate surface area is 178 Å². The van der Waals surface area contributed by atoms with Gasteiger partial charge in [-0.2, -0.15) is 15.0 Å². The van der Waals surface area contributed by atoms with Gasteiger partial charge in [0.25, 0.3) is 0 Å². The van der Waals surface area contributed by atoms with Crippen molar-refractivity contribution in [2.24, 2.45) is 0 Å². The van der Waals surface area contributed by atoms with Crippen LogP contribution in [0.25, 0.3) is 11.1 Å². The van der Waals surface area contributed by atoms with E-state index in [0.29, 0.717) is 31.0 Å². The fourth-order valence-electron chi connectivity index (χ4n) is 3.01. The van der Waals surface area contributed by atoms with Crippen molar-refractivity contribution in [3.05, 3.63) is 65.7 Å². The van der Waals surface area contributed by atoms with E-state index in [1.807, 2.05) is 51.2 Å². The molecule has 160 valence electrons. The molecule has 1 amide bonds. The zero-order valence-corrected chi connectivity index (χ0v) is 18.4. The zero-order valence-electron chi connectivity index (χ0n) is 18.4. The van der Waals surface area contributed by atoms with E-state index < -0.39 is 5.60 Å². The lowest BCUT2D eigenvalue weighted by atomic mass is 10.0. The first kappa shape index (κ1) is 23.2. The van der Waals surface area contributed by atoms with Crippen molar-refractivity contribution in [1.29, 1.82) is 0 Å². The first-order valence-corrected chi connectivity index (χ1v) is 10.1. The first-order chi connectivity index (χ1) is 14.3. The number of aryl methyl sites for hydroxylation is 2. The van der Waals surface area contributed by atoms with Gasteiger partial charge >= 0.3 is 0 Å². The molecule has 3 rings (SSSR count). The molecule has 0 saturated heterocycles. The van der Waals surface area contributed by atoms with E-state index in [4.69, 9.17) is 0 Å². The molecule has 0 bridgehead atoms. The highest BCUT2D eigenvalue weighted by molar-refractivity contribution is 5.65. The largest absolute Gasteiger partial charge is 0.384 e. The molecule has 1 N–H and O–H groups in total. The zero-order chi connectivity index (χ0) is 22.1. The van der Waals surface area contributed by atoms with Crippen LogP contribution < -0.4 is 0 Å². The summed E-state index contributed by atoms with van der Waals surface area (Å²) in [5.74, 6) is 0. The number of hydrogen-bond donors (Lipinski definition) is 1. The standard InChI is InChI=1S/C12H11N.C11H20N4O2/c1-10-12(8-5-9-13-10)11-6-3-2-4-7-11;1-5-14(8-16)6-7-15-12-9(2)10(13-15)11(3,4)17/h2-9H,1H3;8,17H,5-7H2,1-4H3. The minimum atomic E-state index is -0.989. The molecular weight excluding hydrogens is 378 g/mol. The molecule has 0 unspecified atom stereocenters. The third-order valence-corrected chi connectivity index (χ3v) is 4.64. The third kappa shape index (κ3) is 6.49. The van der Waals surface area contributed by atoms with Crippen LogP contribution in [0.2, 0.25) is 0 Å². The van der Waals surface area contributed by atoms with Gasteiger partial charge in [-0.3, -0.25) is 9.78 Å². The Bertz CT molecular complexity index is 932. The number of likely N-dealkylation sites (N-methyl/N-ethyl adjacent to an activating group) is 1. The average Bonchev–Trinajstić information content (AvgIpc) is 3.11. The van der Waals surface area contributed by atoms with E-state index in [2.05, 4.69) is 33.4 Å². The van der Waals surface area contributed by atoms with Gasteiger partial charge in [-0.1, -0.05) is 36.4 Å². The maximum Gasteiger partial charge on any atom is 0.209 e. The Morgan fingerprint density at radius 3 is 2.30 bits per heavy atom. The number of pyridine rings is 1. The van der Waals surface area contributed by atoms with Gasteiger partial charge in [0.1, 0.15) is 11.3 Å². The van der Waals surface area contributed by atoms with Crippen LogP contribution in [0.5, 0.6) is 0 Å². The Morgan fingerprint density at radius 1 is 1.07 bits per heavy atom. The molecule has 30 heavy (non-hydrogen) atoms. The van der Waals surface area contributed by atoms with E-state index in [1.165, 1.54) is 15.9 Å². The van der Waals surface area contributed by atoms with Gasteiger partial charge in [-0.05, 0) is 46.2 Å². The fourth-order valence-corrected chi connectivity index (χ4v) is 3.01. The van der Waals surface area contributed by atoms with E-state index in [9.17, 15) is 9.90 Å². The summed E-state index contributed by atoms with van der Waals surface area (Å²) in [5, 5.41) is 18.3. The summed E-state index contributed by atoms with van der Waals surface area (Å²) in [4.78, 5) is 18.0. The second-order valence-corrected chi connectivity index (χ2v) is 7.53. The molecule has 0 spiro atoms. The first-order valence-electron chi connectivity index (χ1n) is 10.1. The van der Waals surface area contributed by atoms with Gasteiger partial charge in [0.15, 0.2) is 0 Å². The molecule has 7 heteroatoms. The molecule has 0 fully saturated rings. The van der Waals surface area contributed by atoms with Gasteiger partial charge < -0.3 is 10.0 Å². The van der Waals surface area contributed by atoms with Crippen LogP contribution in [0.3, 0.4) is 0 Å². The number of benzene rings is 1. The van der Waals surface area contributed by atoms with Gasteiger partial charge in [0, 0.05) is 30.5 Å². The minimum absolute atomic E-state index is 0.531. The molecular formula is C23H31N5O2. The van der Waals surface area contributed by atoms with E-state index in [1.54, 1.807) is 18.7 Å². The number of nitrogens with zero attached hydrogens (tertiary/aromatic N) is 5. The summed E-state index contributed by atoms with van der Waals surface area (Å²) in [5.41, 5.74) is 3.82. The van der Waals surface area contributed by atoms with Gasteiger partial charge in [-0.15, -0.1) is 0 Å². The normalized spacial score (nSPS) is 10.9. The van der Waals surface area contributed by atoms with Crippen LogP contribution in [0.15, 0.2) is 48.7 Å². The Hall–Kier alpha value is -3.06. The molecule has 0 aliphatic rings. The maximum absolute atomic E-state index is 10.6. The Balaban J connectivity index is 0.000000220. The number of rotatable bonds is 7. The summed E-state index contributed by atoms with van der Waals surface area (Å²) >= 11 is 0. The van der Waals surface area contributed by atoms with Crippen LogP contribution in [-0.2, 0) is 16.9 Å². The van der Waals surface area contributed by atoms with Crippen molar-refractivity contribution in [2.75, 3.05) is 13.1 Å². The molecule has 0 radical (unpaired) electrons. The molecule has 0 aliphatic heterocycles. The van der Waals surface area contributed by atoms with Crippen LogP contribution in [0.4, 0.5) is 0 Å². The Morgan fingerprint density at radius 2 is 1.77 bits per heavy atom. The second-order valence-electron chi connectivity index (χ2n) is 7.53. The number of aliphatic hydroxyl groups is 1. The molecule has 0 aliphatic carbocycles. The topological polar surface area (TPSA) is 84.1 Å². The SMILES string of the molecule is CCN(C=O)CCn1nc(C)c(C(C)(C)O)n1.Cc1ncccc1-c1ccccc1. The summed E-state index contributed by atoms with van der Waals surface area (Å²) in [6.07, 6.45) is 2.63. The lowest BCUT2D eigenvalue weighted by Gasteiger charge is -2.14. The van der Waals surface area contributed by atoms with Crippen LogP contribution in [0.1, 0.15) is 37.9 Å². The molecule has 0 saturated carbocycles. The summed E-state index contributed by atoms with van der Waals surface area (Å²) in [6, 6.07) is 14.4. The monoisotopic (exact) mass is 409 g/mol. The van der Waals surface area contributed by atoms with Crippen LogP contribution >= 0.6 is 0 Å². The summed E-state index contributed by atoms with van der Waals surface area (Å²) in [7, 11) is 0. The lowest BCUT2D eigenvalue weighted by molar-refractivity contribution is -0.118. The van der Waals surface area contributed by atoms with Crippen LogP contribution in [-0.4, -0.2) is 49.5 Å². The third-order valence-electron chi connectivity index (χ3n) is 4.64. The molecule has 3 aromatic rings. The summed E-state index contributed by atoms with van der Waals surface area (Å²) in [6.45, 7) is 10.9. The number of amides is 1. The van der Waals surface area contributed by atoms with Crippen molar-refractivity contribution in [2.45, 2.75) is 46.8 Å². The lowest BCUT2D eigenvalue weighted by Crippen LogP contribution is -2.26. The molecule has 2 aromatic heterocycles. The predicted molar refractivity (Wildman–Crippen MR) is 118 cm³/mol. The number of carbonyl (C=O) groups is 1. The van der Waals surface area contributed by atoms with Gasteiger partial charge in [0.2, 0.25) is 6.41 Å². The quantitative estimate of drug-likeness (QED) is 0.605. The highest BCUT2D eigenvalue weighted by atomic mass is 16.3. The van der Waals surface area contributed by atoms with Crippen molar-refractivity contribution >= 4 is 6.41 Å². The highest BCUT2D eigenvalue weighted by Crippen LogP contribution is 2.20. The van der Waals surface area contributed by atoms with Crippen molar-refractivity contribution in [3.8, 4) is 11.1 Å². The predicted octanol–water partition coefficient (Wildman–Crippen LogP) is 3.35. The molecule has 2 heterocycles. The van der Waals surface area contributed by atoms with Gasteiger partial charge in [-0.25, -0.2) is 0 Å². The van der Waals surface area contributed by atoms with Crippen molar-refractivity contribution in [3.63, 3.8) is 0 Å². The second kappa shape index (κ2) is 10.6. The molecule has 7 nitrogen and oxygen atoms in total.